The number of nitrogens with one attached hydrogen (secondary N) is 1. The summed E-state index contributed by atoms with van der Waals surface area (Å²) in [6.45, 7) is 1.11. The number of hydrogen-bond donors (Lipinski definition) is 1. The monoisotopic (exact) mass is 324 g/mol. The second-order valence-electron chi connectivity index (χ2n) is 5.17. The summed E-state index contributed by atoms with van der Waals surface area (Å²) in [5.74, 6) is 0. The zero-order chi connectivity index (χ0) is 16.9. The van der Waals surface area contributed by atoms with Crippen LogP contribution >= 0.6 is 0 Å². The van der Waals surface area contributed by atoms with Crippen LogP contribution in [0.1, 0.15) is 16.8 Å². The predicted octanol–water partition coefficient (Wildman–Crippen LogP) is 3.68. The van der Waals surface area contributed by atoms with E-state index in [1.54, 1.807) is 6.07 Å². The van der Waals surface area contributed by atoms with E-state index in [1.165, 1.54) is 6.20 Å². The highest BCUT2D eigenvalue weighted by Gasteiger charge is 2.32. The number of ether oxygens (including phenoxy) is 1. The molecule has 1 aliphatic heterocycles. The molecule has 0 saturated heterocycles. The summed E-state index contributed by atoms with van der Waals surface area (Å²) < 4.78 is 43.6. The Balaban J connectivity index is 0.000000595. The maximum atomic E-state index is 12.7. The third-order valence-electron chi connectivity index (χ3n) is 3.39. The fourth-order valence-corrected chi connectivity index (χ4v) is 2.45. The number of halogens is 3. The van der Waals surface area contributed by atoms with Crippen molar-refractivity contribution in [2.45, 2.75) is 19.2 Å². The van der Waals surface area contributed by atoms with Gasteiger partial charge in [0.2, 0.25) is 0 Å². The number of benzene rings is 1. The average Bonchev–Trinajstić information content (AvgIpc) is 2.54. The van der Waals surface area contributed by atoms with Crippen molar-refractivity contribution in [1.29, 1.82) is 0 Å². The predicted molar refractivity (Wildman–Crippen MR) is 83.0 cm³/mol. The van der Waals surface area contributed by atoms with E-state index in [9.17, 15) is 13.2 Å². The van der Waals surface area contributed by atoms with Crippen molar-refractivity contribution < 1.29 is 17.9 Å². The molecule has 0 saturated carbocycles. The van der Waals surface area contributed by atoms with Crippen molar-refractivity contribution in [1.82, 2.24) is 10.3 Å². The lowest BCUT2D eigenvalue weighted by molar-refractivity contribution is -0.141. The van der Waals surface area contributed by atoms with Crippen LogP contribution in [0, 0.1) is 0 Å². The Labute approximate surface area is 133 Å². The molecule has 23 heavy (non-hydrogen) atoms. The molecule has 3 nitrogen and oxygen atoms in total. The third-order valence-corrected chi connectivity index (χ3v) is 3.39. The summed E-state index contributed by atoms with van der Waals surface area (Å²) in [5.41, 5.74) is 2.63. The standard InChI is InChI=1S/C15H12F3NO.C2H7N/c16-15(17,18)14-8-10(4-6-19-14)12-3-1-2-11-9-20-7-5-13(11)12;1-3-2/h1-4,6,8H,5,7,9H2;3H,1-2H3. The molecule has 0 bridgehead atoms. The lowest BCUT2D eigenvalue weighted by Crippen LogP contribution is -2.11. The van der Waals surface area contributed by atoms with Gasteiger partial charge in [-0.15, -0.1) is 0 Å². The van der Waals surface area contributed by atoms with Gasteiger partial charge in [-0.1, -0.05) is 18.2 Å². The van der Waals surface area contributed by atoms with Crippen LogP contribution in [0.2, 0.25) is 0 Å². The van der Waals surface area contributed by atoms with E-state index in [0.29, 0.717) is 18.8 Å². The zero-order valence-corrected chi connectivity index (χ0v) is 13.1. The second kappa shape index (κ2) is 7.57. The van der Waals surface area contributed by atoms with Gasteiger partial charge >= 0.3 is 6.18 Å². The summed E-state index contributed by atoms with van der Waals surface area (Å²) in [6.07, 6.45) is -2.50. The normalized spacial score (nSPS) is 13.8. The van der Waals surface area contributed by atoms with Crippen molar-refractivity contribution in [3.63, 3.8) is 0 Å². The number of nitrogens with zero attached hydrogens (tertiary/aromatic N) is 1. The van der Waals surface area contributed by atoms with Gasteiger partial charge in [0.1, 0.15) is 5.69 Å². The Bertz CT molecular complexity index is 657. The molecule has 0 atom stereocenters. The quantitative estimate of drug-likeness (QED) is 0.869. The lowest BCUT2D eigenvalue weighted by Gasteiger charge is -2.20. The van der Waals surface area contributed by atoms with E-state index < -0.39 is 11.9 Å². The molecule has 124 valence electrons. The maximum absolute atomic E-state index is 12.7. The first-order valence-electron chi connectivity index (χ1n) is 7.28. The summed E-state index contributed by atoms with van der Waals surface area (Å²) in [6, 6.07) is 8.35. The van der Waals surface area contributed by atoms with E-state index in [0.717, 1.165) is 29.2 Å². The van der Waals surface area contributed by atoms with Gasteiger partial charge in [0, 0.05) is 6.20 Å². The topological polar surface area (TPSA) is 34.1 Å². The van der Waals surface area contributed by atoms with Crippen LogP contribution in [-0.2, 0) is 23.9 Å². The lowest BCUT2D eigenvalue weighted by atomic mass is 9.93. The molecule has 2 heterocycles. The molecule has 0 radical (unpaired) electrons. The summed E-state index contributed by atoms with van der Waals surface area (Å²) in [7, 11) is 3.75. The minimum absolute atomic E-state index is 0.514. The van der Waals surface area contributed by atoms with E-state index in [4.69, 9.17) is 4.74 Å². The largest absolute Gasteiger partial charge is 0.433 e. The number of aromatic nitrogens is 1. The van der Waals surface area contributed by atoms with Gasteiger partial charge in [-0.05, 0) is 54.9 Å². The SMILES string of the molecule is CNC.FC(F)(F)c1cc(-c2cccc3c2CCOC3)ccn1. The summed E-state index contributed by atoms with van der Waals surface area (Å²) in [4.78, 5) is 3.40. The molecular weight excluding hydrogens is 305 g/mol. The number of pyridine rings is 1. The number of fused-ring (bicyclic) bond motifs is 1. The molecule has 6 heteroatoms. The van der Waals surface area contributed by atoms with Crippen LogP contribution in [0.15, 0.2) is 36.5 Å². The second-order valence-corrected chi connectivity index (χ2v) is 5.17. The van der Waals surface area contributed by atoms with E-state index >= 15 is 0 Å². The molecule has 0 fully saturated rings. The fourth-order valence-electron chi connectivity index (χ4n) is 2.45. The number of rotatable bonds is 1. The van der Waals surface area contributed by atoms with Crippen LogP contribution in [0.25, 0.3) is 11.1 Å². The molecule has 2 aromatic rings. The number of alkyl halides is 3. The zero-order valence-electron chi connectivity index (χ0n) is 13.1. The molecule has 0 aliphatic carbocycles. The van der Waals surface area contributed by atoms with Crippen LogP contribution in [0.4, 0.5) is 13.2 Å². The Morgan fingerprint density at radius 1 is 1.17 bits per heavy atom. The summed E-state index contributed by atoms with van der Waals surface area (Å²) >= 11 is 0. The van der Waals surface area contributed by atoms with Crippen molar-refractivity contribution in [3.05, 3.63) is 53.3 Å². The van der Waals surface area contributed by atoms with Gasteiger partial charge in [0.25, 0.3) is 0 Å². The Kier molecular flexibility index (Phi) is 5.74. The fraction of sp³-hybridized carbons (Fsp3) is 0.353. The van der Waals surface area contributed by atoms with Gasteiger partial charge in [0.15, 0.2) is 0 Å². The van der Waals surface area contributed by atoms with Gasteiger partial charge in [-0.25, -0.2) is 0 Å². The van der Waals surface area contributed by atoms with Crippen LogP contribution in [0.5, 0.6) is 0 Å². The first kappa shape index (κ1) is 17.4. The van der Waals surface area contributed by atoms with Gasteiger partial charge in [0.05, 0.1) is 13.2 Å². The molecule has 0 amide bonds. The minimum atomic E-state index is -4.42. The molecular formula is C17H19F3N2O. The molecule has 1 N–H and O–H groups in total. The van der Waals surface area contributed by atoms with Crippen LogP contribution < -0.4 is 5.32 Å². The first-order valence-corrected chi connectivity index (χ1v) is 7.28. The smallest absolute Gasteiger partial charge is 0.376 e. The summed E-state index contributed by atoms with van der Waals surface area (Å²) in [5, 5.41) is 2.75. The molecule has 1 aliphatic rings. The van der Waals surface area contributed by atoms with Gasteiger partial charge in [-0.2, -0.15) is 13.2 Å². The van der Waals surface area contributed by atoms with Crippen molar-refractivity contribution in [2.24, 2.45) is 0 Å². The van der Waals surface area contributed by atoms with Crippen LogP contribution in [0.3, 0.4) is 0 Å². The third kappa shape index (κ3) is 4.30. The van der Waals surface area contributed by atoms with Crippen molar-refractivity contribution >= 4 is 0 Å². The minimum Gasteiger partial charge on any atom is -0.376 e. The highest BCUT2D eigenvalue weighted by atomic mass is 19.4. The molecule has 1 aromatic carbocycles. The molecule has 3 rings (SSSR count). The van der Waals surface area contributed by atoms with Crippen molar-refractivity contribution in [2.75, 3.05) is 20.7 Å². The van der Waals surface area contributed by atoms with Gasteiger partial charge < -0.3 is 10.1 Å². The molecule has 0 spiro atoms. The van der Waals surface area contributed by atoms with E-state index in [-0.39, 0.29) is 0 Å². The highest BCUT2D eigenvalue weighted by molar-refractivity contribution is 5.69. The molecule has 1 aromatic heterocycles. The Hall–Kier alpha value is -1.92. The first-order chi connectivity index (χ1) is 11.0. The van der Waals surface area contributed by atoms with E-state index in [2.05, 4.69) is 10.3 Å². The maximum Gasteiger partial charge on any atom is 0.433 e. The molecule has 0 unspecified atom stereocenters. The van der Waals surface area contributed by atoms with Crippen LogP contribution in [-0.4, -0.2) is 25.7 Å². The van der Waals surface area contributed by atoms with Gasteiger partial charge in [-0.3, -0.25) is 4.98 Å². The highest BCUT2D eigenvalue weighted by Crippen LogP contribution is 2.33. The van der Waals surface area contributed by atoms with Crippen molar-refractivity contribution in [3.8, 4) is 11.1 Å². The van der Waals surface area contributed by atoms with E-state index in [1.807, 2.05) is 32.3 Å². The Morgan fingerprint density at radius 3 is 2.61 bits per heavy atom. The average molecular weight is 324 g/mol. The number of hydrogen-bond acceptors (Lipinski definition) is 3. The Morgan fingerprint density at radius 2 is 1.91 bits per heavy atom.